The van der Waals surface area contributed by atoms with Crippen LogP contribution >= 0.6 is 0 Å². The topological polar surface area (TPSA) is 97.3 Å². The molecule has 0 amide bonds. The average molecular weight is 228 g/mol. The molecule has 0 saturated heterocycles. The third-order valence-corrected chi connectivity index (χ3v) is 2.09. The fourth-order valence-corrected chi connectivity index (χ4v) is 1.14. The maximum absolute atomic E-state index is 10.7. The summed E-state index contributed by atoms with van der Waals surface area (Å²) in [5.41, 5.74) is 0. The van der Waals surface area contributed by atoms with Crippen molar-refractivity contribution in [3.05, 3.63) is 0 Å². The predicted octanol–water partition coefficient (Wildman–Crippen LogP) is -7.49. The molecule has 0 aliphatic carbocycles. The Bertz CT molecular complexity index is 265. The van der Waals surface area contributed by atoms with Gasteiger partial charge < -0.3 is 19.8 Å². The molecule has 0 aromatic rings. The van der Waals surface area contributed by atoms with Crippen LogP contribution in [0.15, 0.2) is 0 Å². The third kappa shape index (κ3) is 10.7. The van der Waals surface area contributed by atoms with Gasteiger partial charge in [0.15, 0.2) is 5.78 Å². The van der Waals surface area contributed by atoms with Gasteiger partial charge in [0.2, 0.25) is 0 Å². The Labute approximate surface area is 125 Å². The summed E-state index contributed by atoms with van der Waals surface area (Å²) in [6.45, 7) is 3.82. The Morgan fingerprint density at radius 3 is 1.76 bits per heavy atom. The molecule has 1 atom stereocenters. The van der Waals surface area contributed by atoms with Crippen molar-refractivity contribution in [2.24, 2.45) is 11.8 Å². The molecule has 5 nitrogen and oxygen atoms in total. The quantitative estimate of drug-likeness (QED) is 0.318. The molecule has 0 radical (unpaired) electrons. The van der Waals surface area contributed by atoms with Gasteiger partial charge in [-0.15, -0.1) is 0 Å². The van der Waals surface area contributed by atoms with Crippen LogP contribution < -0.4 is 47.9 Å². The summed E-state index contributed by atoms with van der Waals surface area (Å²) in [6.07, 6.45) is 0.315. The van der Waals surface area contributed by atoms with Crippen LogP contribution in [-0.4, -0.2) is 17.7 Å². The number of aliphatic carboxylic acids is 2. The van der Waals surface area contributed by atoms with E-state index in [0.29, 0.717) is 12.3 Å². The molecule has 0 heterocycles. The molecule has 86 valence electrons. The second-order valence-electron chi connectivity index (χ2n) is 3.90. The summed E-state index contributed by atoms with van der Waals surface area (Å²) < 4.78 is 0. The van der Waals surface area contributed by atoms with Crippen molar-refractivity contribution < 1.29 is 62.3 Å². The van der Waals surface area contributed by atoms with Gasteiger partial charge in [0.1, 0.15) is 5.97 Å². The number of ketones is 1. The molecule has 17 heavy (non-hydrogen) atoms. The van der Waals surface area contributed by atoms with Crippen LogP contribution in [0.4, 0.5) is 0 Å². The van der Waals surface area contributed by atoms with Gasteiger partial charge in [0, 0.05) is 18.3 Å². The summed E-state index contributed by atoms with van der Waals surface area (Å²) in [5, 5.41) is 20.7. The second-order valence-corrected chi connectivity index (χ2v) is 3.90. The third-order valence-electron chi connectivity index (χ3n) is 2.09. The van der Waals surface area contributed by atoms with Crippen LogP contribution in [0.5, 0.6) is 0 Å². The largest absolute Gasteiger partial charge is 1.00 e. The first-order chi connectivity index (χ1) is 6.84. The second kappa shape index (κ2) is 10.9. The Kier molecular flexibility index (Phi) is 14.2. The van der Waals surface area contributed by atoms with Crippen molar-refractivity contribution in [1.29, 1.82) is 0 Å². The summed E-state index contributed by atoms with van der Waals surface area (Å²) >= 11 is 0. The van der Waals surface area contributed by atoms with Crippen molar-refractivity contribution >= 4 is 17.7 Å². The molecule has 0 N–H and O–H groups in total. The number of Topliss-reactive ketones (excluding diaryl/α,β-unsaturated/α-hetero) is 1. The maximum atomic E-state index is 10.7. The molecule has 0 spiro atoms. The first-order valence-corrected chi connectivity index (χ1v) is 4.79. The molecule has 0 aromatic heterocycles. The molecular formula is C10H14Li2O5. The van der Waals surface area contributed by atoms with Crippen molar-refractivity contribution in [1.82, 2.24) is 0 Å². The summed E-state index contributed by atoms with van der Waals surface area (Å²) in [4.78, 5) is 31.5. The molecule has 0 aliphatic rings. The number of carbonyl (C=O) groups is 3. The van der Waals surface area contributed by atoms with Crippen molar-refractivity contribution in [3.63, 3.8) is 0 Å². The predicted molar refractivity (Wildman–Crippen MR) is 47.2 cm³/mol. The fourth-order valence-electron chi connectivity index (χ4n) is 1.14. The summed E-state index contributed by atoms with van der Waals surface area (Å²) in [7, 11) is 0. The number of hydrogen-bond acceptors (Lipinski definition) is 5. The minimum absolute atomic E-state index is 0. The Balaban J connectivity index is -0.000000980. The van der Waals surface area contributed by atoms with Gasteiger partial charge in [0.25, 0.3) is 0 Å². The standard InChI is InChI=1S/C10H16O5.2Li/c1-6(2)3-4-7(9(12)13)5-8(11)10(14)15;;/h6-7H,3-5H2,1-2H3,(H,12,13)(H,14,15);;/q;2*+1/p-2. The van der Waals surface area contributed by atoms with Gasteiger partial charge in [-0.1, -0.05) is 20.3 Å². The first kappa shape index (κ1) is 22.0. The Morgan fingerprint density at radius 1 is 1.00 bits per heavy atom. The first-order valence-electron chi connectivity index (χ1n) is 4.79. The van der Waals surface area contributed by atoms with Gasteiger partial charge >= 0.3 is 37.7 Å². The van der Waals surface area contributed by atoms with E-state index in [1.54, 1.807) is 0 Å². The van der Waals surface area contributed by atoms with E-state index in [2.05, 4.69) is 0 Å². The van der Waals surface area contributed by atoms with Gasteiger partial charge in [0.05, 0.1) is 0 Å². The van der Waals surface area contributed by atoms with E-state index in [-0.39, 0.29) is 44.1 Å². The van der Waals surface area contributed by atoms with Crippen LogP contribution in [0.1, 0.15) is 33.1 Å². The molecule has 7 heteroatoms. The Hall–Kier alpha value is -0.195. The van der Waals surface area contributed by atoms with E-state index < -0.39 is 30.1 Å². The molecule has 0 rings (SSSR count). The van der Waals surface area contributed by atoms with Crippen molar-refractivity contribution in [3.8, 4) is 0 Å². The van der Waals surface area contributed by atoms with Crippen LogP contribution in [0.2, 0.25) is 0 Å². The number of carboxylic acid groups (broad SMARTS) is 2. The van der Waals surface area contributed by atoms with Crippen molar-refractivity contribution in [2.75, 3.05) is 0 Å². The SMILES string of the molecule is CC(C)CCC(CC(=O)C(=O)[O-])C(=O)[O-].[Li+].[Li+]. The minimum atomic E-state index is -1.84. The number of rotatable bonds is 7. The molecule has 0 saturated carbocycles. The molecule has 0 aliphatic heterocycles. The van der Waals surface area contributed by atoms with Crippen LogP contribution in [0.3, 0.4) is 0 Å². The van der Waals surface area contributed by atoms with E-state index in [9.17, 15) is 24.6 Å². The van der Waals surface area contributed by atoms with E-state index in [4.69, 9.17) is 0 Å². The Morgan fingerprint density at radius 2 is 1.47 bits per heavy atom. The minimum Gasteiger partial charge on any atom is -0.550 e. The average Bonchev–Trinajstić information content (AvgIpc) is 2.10. The van der Waals surface area contributed by atoms with Gasteiger partial charge in [-0.25, -0.2) is 0 Å². The van der Waals surface area contributed by atoms with Gasteiger partial charge in [-0.2, -0.15) is 0 Å². The number of hydrogen-bond donors (Lipinski definition) is 0. The number of carbonyl (C=O) groups excluding carboxylic acids is 3. The summed E-state index contributed by atoms with van der Waals surface area (Å²) in [6, 6.07) is 0. The molecule has 0 bridgehead atoms. The maximum Gasteiger partial charge on any atom is 1.00 e. The molecule has 1 unspecified atom stereocenters. The monoisotopic (exact) mass is 228 g/mol. The van der Waals surface area contributed by atoms with E-state index in [1.165, 1.54) is 0 Å². The number of carboxylic acids is 2. The fraction of sp³-hybridized carbons (Fsp3) is 0.700. The smallest absolute Gasteiger partial charge is 0.550 e. The molecule has 0 fully saturated rings. The van der Waals surface area contributed by atoms with Crippen molar-refractivity contribution in [2.45, 2.75) is 33.1 Å². The zero-order valence-electron chi connectivity index (χ0n) is 10.8. The molecule has 0 aromatic carbocycles. The molecular weight excluding hydrogens is 214 g/mol. The van der Waals surface area contributed by atoms with E-state index >= 15 is 0 Å². The van der Waals surface area contributed by atoms with E-state index in [0.717, 1.165) is 0 Å². The van der Waals surface area contributed by atoms with Gasteiger partial charge in [-0.05, 0) is 12.3 Å². The van der Waals surface area contributed by atoms with Crippen LogP contribution in [0.25, 0.3) is 0 Å². The van der Waals surface area contributed by atoms with Crippen LogP contribution in [0, 0.1) is 11.8 Å². The van der Waals surface area contributed by atoms with E-state index in [1.807, 2.05) is 13.8 Å². The van der Waals surface area contributed by atoms with Crippen LogP contribution in [-0.2, 0) is 14.4 Å². The summed E-state index contributed by atoms with van der Waals surface area (Å²) in [5.74, 6) is -5.15. The normalized spacial score (nSPS) is 11.0. The van der Waals surface area contributed by atoms with Gasteiger partial charge in [-0.3, -0.25) is 4.79 Å². The zero-order valence-corrected chi connectivity index (χ0v) is 10.8. The zero-order chi connectivity index (χ0) is 12.0.